The summed E-state index contributed by atoms with van der Waals surface area (Å²) in [7, 11) is 1.64. The number of rotatable bonds is 8. The standard InChI is InChI=1S/C17H24N2O4/c1-23-14-7-5-13(6-8-14)17(9-3-10-17)12-19-16(22)18-11-2-4-15(20)21/h5-8H,2-4,9-12H2,1H3,(H,20,21)(H2,18,19,22). The maximum atomic E-state index is 11.8. The molecule has 1 saturated carbocycles. The molecule has 1 aliphatic rings. The number of amides is 2. The average Bonchev–Trinajstić information content (AvgIpc) is 2.51. The van der Waals surface area contributed by atoms with Crippen LogP contribution in [0.15, 0.2) is 24.3 Å². The third-order valence-electron chi connectivity index (χ3n) is 4.45. The first-order chi connectivity index (χ1) is 11.1. The Morgan fingerprint density at radius 2 is 1.91 bits per heavy atom. The van der Waals surface area contributed by atoms with Gasteiger partial charge in [-0.1, -0.05) is 18.6 Å². The van der Waals surface area contributed by atoms with E-state index < -0.39 is 5.97 Å². The van der Waals surface area contributed by atoms with E-state index in [9.17, 15) is 9.59 Å². The highest BCUT2D eigenvalue weighted by molar-refractivity contribution is 5.74. The largest absolute Gasteiger partial charge is 0.497 e. The van der Waals surface area contributed by atoms with Crippen LogP contribution >= 0.6 is 0 Å². The minimum absolute atomic E-state index is 0.00464. The van der Waals surface area contributed by atoms with Crippen molar-refractivity contribution in [2.24, 2.45) is 0 Å². The molecule has 0 bridgehead atoms. The Balaban J connectivity index is 1.81. The summed E-state index contributed by atoms with van der Waals surface area (Å²) in [5.74, 6) is -0.0208. The summed E-state index contributed by atoms with van der Waals surface area (Å²) in [5, 5.41) is 14.2. The lowest BCUT2D eigenvalue weighted by molar-refractivity contribution is -0.137. The number of methoxy groups -OCH3 is 1. The van der Waals surface area contributed by atoms with Crippen molar-refractivity contribution in [3.8, 4) is 5.75 Å². The molecule has 6 nitrogen and oxygen atoms in total. The van der Waals surface area contributed by atoms with Crippen molar-refractivity contribution < 1.29 is 19.4 Å². The first-order valence-corrected chi connectivity index (χ1v) is 7.94. The Bertz CT molecular complexity index is 538. The van der Waals surface area contributed by atoms with Crippen LogP contribution in [0.5, 0.6) is 5.75 Å². The molecular weight excluding hydrogens is 296 g/mol. The first kappa shape index (κ1) is 17.1. The summed E-state index contributed by atoms with van der Waals surface area (Å²) in [5.41, 5.74) is 1.22. The van der Waals surface area contributed by atoms with Gasteiger partial charge in [0.2, 0.25) is 0 Å². The highest BCUT2D eigenvalue weighted by atomic mass is 16.5. The van der Waals surface area contributed by atoms with Gasteiger partial charge in [0, 0.05) is 24.9 Å². The van der Waals surface area contributed by atoms with E-state index in [1.807, 2.05) is 12.1 Å². The first-order valence-electron chi connectivity index (χ1n) is 7.94. The van der Waals surface area contributed by atoms with Gasteiger partial charge in [0.05, 0.1) is 7.11 Å². The van der Waals surface area contributed by atoms with Gasteiger partial charge in [-0.15, -0.1) is 0 Å². The van der Waals surface area contributed by atoms with Gasteiger partial charge in [-0.05, 0) is 37.0 Å². The van der Waals surface area contributed by atoms with E-state index in [1.54, 1.807) is 7.11 Å². The zero-order valence-corrected chi connectivity index (χ0v) is 13.4. The number of benzene rings is 1. The van der Waals surface area contributed by atoms with Crippen LogP contribution in [0.2, 0.25) is 0 Å². The Morgan fingerprint density at radius 1 is 1.22 bits per heavy atom. The van der Waals surface area contributed by atoms with Crippen LogP contribution in [0, 0.1) is 0 Å². The zero-order chi connectivity index (χ0) is 16.7. The number of carbonyl (C=O) groups is 2. The number of nitrogens with one attached hydrogen (secondary N) is 2. The van der Waals surface area contributed by atoms with E-state index >= 15 is 0 Å². The maximum absolute atomic E-state index is 11.8. The molecular formula is C17H24N2O4. The minimum Gasteiger partial charge on any atom is -0.497 e. The van der Waals surface area contributed by atoms with E-state index in [4.69, 9.17) is 9.84 Å². The number of hydrogen-bond donors (Lipinski definition) is 3. The molecule has 1 aliphatic carbocycles. The summed E-state index contributed by atoms with van der Waals surface area (Å²) < 4.78 is 5.18. The third-order valence-corrected chi connectivity index (χ3v) is 4.45. The topological polar surface area (TPSA) is 87.7 Å². The Morgan fingerprint density at radius 3 is 2.43 bits per heavy atom. The van der Waals surface area contributed by atoms with Gasteiger partial charge in [0.25, 0.3) is 0 Å². The van der Waals surface area contributed by atoms with Gasteiger partial charge in [-0.25, -0.2) is 4.79 Å². The molecule has 0 unspecified atom stereocenters. The average molecular weight is 320 g/mol. The van der Waals surface area contributed by atoms with Crippen LogP contribution in [0.1, 0.15) is 37.7 Å². The van der Waals surface area contributed by atoms with Crippen molar-refractivity contribution in [2.75, 3.05) is 20.2 Å². The Hall–Kier alpha value is -2.24. The molecule has 126 valence electrons. The van der Waals surface area contributed by atoms with Crippen LogP contribution in [0.3, 0.4) is 0 Å². The van der Waals surface area contributed by atoms with E-state index in [0.29, 0.717) is 19.5 Å². The highest BCUT2D eigenvalue weighted by Gasteiger charge is 2.38. The molecule has 2 rings (SSSR count). The molecule has 0 atom stereocenters. The van der Waals surface area contributed by atoms with Gasteiger partial charge in [-0.3, -0.25) is 4.79 Å². The van der Waals surface area contributed by atoms with E-state index in [1.165, 1.54) is 5.56 Å². The smallest absolute Gasteiger partial charge is 0.314 e. The zero-order valence-electron chi connectivity index (χ0n) is 13.4. The van der Waals surface area contributed by atoms with Crippen LogP contribution in [-0.4, -0.2) is 37.3 Å². The minimum atomic E-state index is -0.847. The van der Waals surface area contributed by atoms with E-state index in [0.717, 1.165) is 25.0 Å². The van der Waals surface area contributed by atoms with Crippen molar-refractivity contribution in [3.63, 3.8) is 0 Å². The van der Waals surface area contributed by atoms with Crippen molar-refractivity contribution >= 4 is 12.0 Å². The van der Waals surface area contributed by atoms with Gasteiger partial charge >= 0.3 is 12.0 Å². The number of urea groups is 1. The molecule has 0 radical (unpaired) electrons. The Kier molecular flexibility index (Phi) is 5.84. The normalized spacial score (nSPS) is 15.3. The molecule has 0 spiro atoms. The summed E-state index contributed by atoms with van der Waals surface area (Å²) in [6.07, 6.45) is 3.77. The van der Waals surface area contributed by atoms with Crippen LogP contribution < -0.4 is 15.4 Å². The molecule has 23 heavy (non-hydrogen) atoms. The molecule has 1 aromatic rings. The molecule has 3 N–H and O–H groups in total. The molecule has 2 amide bonds. The van der Waals surface area contributed by atoms with Crippen molar-refractivity contribution in [3.05, 3.63) is 29.8 Å². The lowest BCUT2D eigenvalue weighted by atomic mass is 9.64. The van der Waals surface area contributed by atoms with Gasteiger partial charge < -0.3 is 20.5 Å². The second-order valence-corrected chi connectivity index (χ2v) is 5.97. The molecule has 0 saturated heterocycles. The van der Waals surface area contributed by atoms with Crippen LogP contribution in [-0.2, 0) is 10.2 Å². The predicted octanol–water partition coefficient (Wildman–Crippen LogP) is 2.28. The number of carboxylic acids is 1. The number of ether oxygens (including phenoxy) is 1. The molecule has 1 aromatic carbocycles. The molecule has 6 heteroatoms. The van der Waals surface area contributed by atoms with Crippen molar-refractivity contribution in [1.82, 2.24) is 10.6 Å². The SMILES string of the molecule is COc1ccc(C2(CNC(=O)NCCCC(=O)O)CCC2)cc1. The third kappa shape index (κ3) is 4.61. The van der Waals surface area contributed by atoms with E-state index in [-0.39, 0.29) is 17.9 Å². The molecule has 1 fully saturated rings. The summed E-state index contributed by atoms with van der Waals surface area (Å²) >= 11 is 0. The quantitative estimate of drug-likeness (QED) is 0.641. The fraction of sp³-hybridized carbons (Fsp3) is 0.529. The maximum Gasteiger partial charge on any atom is 0.314 e. The summed E-state index contributed by atoms with van der Waals surface area (Å²) in [6.45, 7) is 0.956. The van der Waals surface area contributed by atoms with E-state index in [2.05, 4.69) is 22.8 Å². The van der Waals surface area contributed by atoms with Crippen LogP contribution in [0.25, 0.3) is 0 Å². The highest BCUT2D eigenvalue weighted by Crippen LogP contribution is 2.43. The monoisotopic (exact) mass is 320 g/mol. The van der Waals surface area contributed by atoms with Crippen molar-refractivity contribution in [1.29, 1.82) is 0 Å². The number of hydrogen-bond acceptors (Lipinski definition) is 3. The number of carbonyl (C=O) groups excluding carboxylic acids is 1. The second kappa shape index (κ2) is 7.85. The summed E-state index contributed by atoms with van der Waals surface area (Å²) in [6, 6.07) is 7.77. The second-order valence-electron chi connectivity index (χ2n) is 5.97. The fourth-order valence-corrected chi connectivity index (χ4v) is 2.87. The molecule has 0 aromatic heterocycles. The lowest BCUT2D eigenvalue weighted by Crippen LogP contribution is -2.48. The Labute approximate surface area is 136 Å². The molecule has 0 heterocycles. The number of carboxylic acid groups (broad SMARTS) is 1. The van der Waals surface area contributed by atoms with Gasteiger partial charge in [0.15, 0.2) is 0 Å². The predicted molar refractivity (Wildman–Crippen MR) is 86.8 cm³/mol. The van der Waals surface area contributed by atoms with Gasteiger partial charge in [-0.2, -0.15) is 0 Å². The van der Waals surface area contributed by atoms with Crippen LogP contribution in [0.4, 0.5) is 4.79 Å². The fourth-order valence-electron chi connectivity index (χ4n) is 2.87. The lowest BCUT2D eigenvalue weighted by Gasteiger charge is -2.42. The number of aliphatic carboxylic acids is 1. The molecule has 0 aliphatic heterocycles. The summed E-state index contributed by atoms with van der Waals surface area (Å²) in [4.78, 5) is 22.2. The van der Waals surface area contributed by atoms with Crippen molar-refractivity contribution in [2.45, 2.75) is 37.5 Å². The van der Waals surface area contributed by atoms with Gasteiger partial charge in [0.1, 0.15) is 5.75 Å².